The molecule has 0 saturated carbocycles. The van der Waals surface area contributed by atoms with E-state index in [2.05, 4.69) is 83.1 Å². The lowest BCUT2D eigenvalue weighted by molar-refractivity contribution is -0.159. The van der Waals surface area contributed by atoms with Crippen LogP contribution in [0.5, 0.6) is 0 Å². The van der Waals surface area contributed by atoms with E-state index in [4.69, 9.17) is 19.8 Å². The molecule has 0 aromatic heterocycles. The molecule has 3 rings (SSSR count). The maximum atomic E-state index is 9.10. The Balaban J connectivity index is 0.000000501. The van der Waals surface area contributed by atoms with Crippen molar-refractivity contribution in [3.8, 4) is 11.8 Å². The number of thioether (sulfide) groups is 2. The number of benzene rings is 2. The smallest absolute Gasteiger partial charge is 0.414 e. The van der Waals surface area contributed by atoms with Gasteiger partial charge < -0.3 is 15.5 Å². The molecule has 3 N–H and O–H groups in total. The topological polar surface area (TPSA) is 86.6 Å². The SMILES string of the molecule is CNC(C#CCCC1SCCCS1)CCc1cccc2ccccc12.O=C(O)C(=O)O. The van der Waals surface area contributed by atoms with Gasteiger partial charge in [-0.1, -0.05) is 48.4 Å². The molecule has 166 valence electrons. The molecule has 0 amide bonds. The summed E-state index contributed by atoms with van der Waals surface area (Å²) in [5, 5.41) is 20.9. The molecule has 1 fully saturated rings. The molecule has 1 atom stereocenters. The van der Waals surface area contributed by atoms with Crippen molar-refractivity contribution in [1.82, 2.24) is 5.32 Å². The Labute approximate surface area is 192 Å². The van der Waals surface area contributed by atoms with Crippen molar-refractivity contribution in [3.63, 3.8) is 0 Å². The highest BCUT2D eigenvalue weighted by Gasteiger charge is 2.13. The van der Waals surface area contributed by atoms with Gasteiger partial charge in [0, 0.05) is 6.42 Å². The Bertz CT molecular complexity index is 899. The first kappa shape index (κ1) is 25.1. The van der Waals surface area contributed by atoms with Gasteiger partial charge in [-0.25, -0.2) is 9.59 Å². The van der Waals surface area contributed by atoms with Crippen molar-refractivity contribution in [1.29, 1.82) is 0 Å². The first-order valence-electron chi connectivity index (χ1n) is 10.3. The van der Waals surface area contributed by atoms with Crippen LogP contribution in [-0.2, 0) is 16.0 Å². The average Bonchev–Trinajstić information content (AvgIpc) is 2.79. The Kier molecular flexibility index (Phi) is 11.4. The Morgan fingerprint density at radius 1 is 1.10 bits per heavy atom. The quantitative estimate of drug-likeness (QED) is 0.433. The van der Waals surface area contributed by atoms with Gasteiger partial charge in [0.25, 0.3) is 0 Å². The zero-order valence-electron chi connectivity index (χ0n) is 17.7. The highest BCUT2D eigenvalue weighted by molar-refractivity contribution is 8.17. The van der Waals surface area contributed by atoms with Gasteiger partial charge in [-0.3, -0.25) is 0 Å². The van der Waals surface area contributed by atoms with Gasteiger partial charge >= 0.3 is 11.9 Å². The van der Waals surface area contributed by atoms with Gasteiger partial charge in [0.15, 0.2) is 0 Å². The Morgan fingerprint density at radius 2 is 1.77 bits per heavy atom. The van der Waals surface area contributed by atoms with Crippen LogP contribution in [0.1, 0.15) is 31.2 Å². The predicted molar refractivity (Wildman–Crippen MR) is 131 cm³/mol. The summed E-state index contributed by atoms with van der Waals surface area (Å²) in [6.45, 7) is 0. The molecule has 1 aliphatic rings. The summed E-state index contributed by atoms with van der Waals surface area (Å²) in [4.78, 5) is 18.2. The maximum absolute atomic E-state index is 9.10. The van der Waals surface area contributed by atoms with E-state index in [9.17, 15) is 0 Å². The summed E-state index contributed by atoms with van der Waals surface area (Å²) in [5.41, 5.74) is 1.43. The molecule has 2 aromatic rings. The van der Waals surface area contributed by atoms with Crippen molar-refractivity contribution in [3.05, 3.63) is 48.0 Å². The molecule has 1 saturated heterocycles. The number of aliphatic carboxylic acids is 2. The summed E-state index contributed by atoms with van der Waals surface area (Å²) in [7, 11) is 2.02. The third-order valence-corrected chi connectivity index (χ3v) is 7.87. The van der Waals surface area contributed by atoms with Crippen LogP contribution in [0, 0.1) is 11.8 Å². The van der Waals surface area contributed by atoms with Crippen molar-refractivity contribution in [2.45, 2.75) is 42.7 Å². The summed E-state index contributed by atoms with van der Waals surface area (Å²) in [6.07, 6.45) is 5.74. The second-order valence-electron chi connectivity index (χ2n) is 7.01. The van der Waals surface area contributed by atoms with Crippen molar-refractivity contribution < 1.29 is 19.8 Å². The van der Waals surface area contributed by atoms with Crippen molar-refractivity contribution >= 4 is 46.2 Å². The van der Waals surface area contributed by atoms with Crippen molar-refractivity contribution in [2.75, 3.05) is 18.6 Å². The summed E-state index contributed by atoms with van der Waals surface area (Å²) < 4.78 is 0.770. The van der Waals surface area contributed by atoms with E-state index in [1.807, 2.05) is 7.05 Å². The van der Waals surface area contributed by atoms with Crippen LogP contribution >= 0.6 is 23.5 Å². The Hall–Kier alpha value is -2.14. The molecule has 0 spiro atoms. The van der Waals surface area contributed by atoms with Crippen LogP contribution in [0.4, 0.5) is 0 Å². The Morgan fingerprint density at radius 3 is 2.45 bits per heavy atom. The third kappa shape index (κ3) is 9.26. The number of fused-ring (bicyclic) bond motifs is 1. The monoisotopic (exact) mass is 459 g/mol. The molecule has 0 radical (unpaired) electrons. The fraction of sp³-hybridized carbons (Fsp3) is 0.417. The lowest BCUT2D eigenvalue weighted by atomic mass is 9.99. The number of carbonyl (C=O) groups is 2. The van der Waals surface area contributed by atoms with Gasteiger partial charge in [-0.15, -0.1) is 29.4 Å². The van der Waals surface area contributed by atoms with Crippen LogP contribution in [0.3, 0.4) is 0 Å². The second-order valence-corrected chi connectivity index (χ2v) is 9.93. The van der Waals surface area contributed by atoms with Crippen LogP contribution in [0.2, 0.25) is 0 Å². The van der Waals surface area contributed by atoms with Crippen LogP contribution in [0.15, 0.2) is 42.5 Å². The molecular weight excluding hydrogens is 430 g/mol. The third-order valence-electron chi connectivity index (χ3n) is 4.79. The average molecular weight is 460 g/mol. The standard InChI is InChI=1S/C22H27NS2.C2H2O4/c1-23-20(11-3-5-13-22-24-16-7-17-25-22)15-14-19-10-6-9-18-8-2-4-12-21(18)19;3-1(4)2(5)6/h2,4,6,8-10,12,20,22-23H,5,7,13-17H2,1H3;(H,3,4)(H,5,6). The molecule has 1 unspecified atom stereocenters. The van der Waals surface area contributed by atoms with Gasteiger partial charge in [0.2, 0.25) is 0 Å². The van der Waals surface area contributed by atoms with Crippen LogP contribution < -0.4 is 5.32 Å². The van der Waals surface area contributed by atoms with Gasteiger partial charge in [-0.05, 0) is 60.6 Å². The van der Waals surface area contributed by atoms with E-state index in [0.717, 1.165) is 23.8 Å². The summed E-state index contributed by atoms with van der Waals surface area (Å²) in [5.74, 6) is 5.87. The fourth-order valence-electron chi connectivity index (χ4n) is 3.19. The molecule has 0 aliphatic carbocycles. The molecule has 0 bridgehead atoms. The lowest BCUT2D eigenvalue weighted by Crippen LogP contribution is -2.23. The van der Waals surface area contributed by atoms with Crippen molar-refractivity contribution in [2.24, 2.45) is 0 Å². The van der Waals surface area contributed by atoms with E-state index >= 15 is 0 Å². The maximum Gasteiger partial charge on any atom is 0.414 e. The van der Waals surface area contributed by atoms with Gasteiger partial charge in [0.1, 0.15) is 0 Å². The molecule has 1 aliphatic heterocycles. The largest absolute Gasteiger partial charge is 0.473 e. The minimum Gasteiger partial charge on any atom is -0.473 e. The first-order chi connectivity index (χ1) is 15.0. The van der Waals surface area contributed by atoms with E-state index in [1.165, 1.54) is 40.7 Å². The number of rotatable bonds is 6. The number of aryl methyl sites for hydroxylation is 1. The number of nitrogens with one attached hydrogen (secondary N) is 1. The summed E-state index contributed by atoms with van der Waals surface area (Å²) in [6, 6.07) is 15.5. The summed E-state index contributed by atoms with van der Waals surface area (Å²) >= 11 is 4.23. The van der Waals surface area contributed by atoms with E-state index in [0.29, 0.717) is 0 Å². The van der Waals surface area contributed by atoms with Crippen LogP contribution in [-0.4, -0.2) is 51.3 Å². The van der Waals surface area contributed by atoms with Gasteiger partial charge in [-0.2, -0.15) is 0 Å². The second kappa shape index (κ2) is 14.0. The number of hydrogen-bond acceptors (Lipinski definition) is 5. The molecular formula is C24H29NO4S2. The lowest BCUT2D eigenvalue weighted by Gasteiger charge is -2.19. The number of carboxylic acids is 2. The molecule has 2 aromatic carbocycles. The highest BCUT2D eigenvalue weighted by Crippen LogP contribution is 2.33. The minimum atomic E-state index is -1.82. The highest BCUT2D eigenvalue weighted by atomic mass is 32.2. The van der Waals surface area contributed by atoms with E-state index in [1.54, 1.807) is 0 Å². The normalized spacial score (nSPS) is 14.6. The van der Waals surface area contributed by atoms with E-state index < -0.39 is 11.9 Å². The predicted octanol–water partition coefficient (Wildman–Crippen LogP) is 4.50. The minimum absolute atomic E-state index is 0.283. The zero-order valence-corrected chi connectivity index (χ0v) is 19.3. The zero-order chi connectivity index (χ0) is 22.5. The fourth-order valence-corrected chi connectivity index (χ4v) is 6.05. The molecule has 5 nitrogen and oxygen atoms in total. The number of carboxylic acid groups (broad SMARTS) is 2. The van der Waals surface area contributed by atoms with Gasteiger partial charge in [0.05, 0.1) is 10.6 Å². The van der Waals surface area contributed by atoms with Crippen LogP contribution in [0.25, 0.3) is 10.8 Å². The molecule has 1 heterocycles. The molecule has 7 heteroatoms. The van der Waals surface area contributed by atoms with E-state index in [-0.39, 0.29) is 6.04 Å². The number of hydrogen-bond donors (Lipinski definition) is 3. The molecule has 31 heavy (non-hydrogen) atoms. The first-order valence-corrected chi connectivity index (χ1v) is 12.4.